The Hall–Kier alpha value is -2.37. The zero-order valence-electron chi connectivity index (χ0n) is 24.9. The van der Waals surface area contributed by atoms with Gasteiger partial charge in [-0.05, 0) is 97.1 Å². The van der Waals surface area contributed by atoms with Crippen LogP contribution in [0.1, 0.15) is 0 Å². The fraction of sp³-hybridized carbons (Fsp3) is 0. The van der Waals surface area contributed by atoms with E-state index in [0.717, 1.165) is 53.2 Å². The Kier molecular flexibility index (Phi) is 12.1. The van der Waals surface area contributed by atoms with Crippen molar-refractivity contribution >= 4 is 154 Å². The number of fused-ring (bicyclic) bond motifs is 4. The van der Waals surface area contributed by atoms with Crippen molar-refractivity contribution in [2.75, 3.05) is 0 Å². The van der Waals surface area contributed by atoms with E-state index in [9.17, 15) is 9.59 Å². The SMILES string of the molecule is O=c1c2ccccc2sc2c(Cl)c(Cl)ccc12.O=c1c2ccccc2sc2c(Cl)c(Sc3ccc(Br)cc3)ccc12.Sc1ccc(Br)cc1. The second-order valence-corrected chi connectivity index (χ2v) is 17.1. The summed E-state index contributed by atoms with van der Waals surface area (Å²) in [5, 5.41) is 4.37. The summed E-state index contributed by atoms with van der Waals surface area (Å²) in [5.74, 6) is 0. The van der Waals surface area contributed by atoms with Crippen molar-refractivity contribution in [1.82, 2.24) is 0 Å². The Balaban J connectivity index is 0.000000144. The highest BCUT2D eigenvalue weighted by Crippen LogP contribution is 2.40. The van der Waals surface area contributed by atoms with Crippen LogP contribution < -0.4 is 10.9 Å². The molecule has 0 atom stereocenters. The summed E-state index contributed by atoms with van der Waals surface area (Å²) in [7, 11) is 0. The van der Waals surface area contributed by atoms with Crippen molar-refractivity contribution < 1.29 is 0 Å². The van der Waals surface area contributed by atoms with Gasteiger partial charge in [0.2, 0.25) is 0 Å². The average Bonchev–Trinajstić information content (AvgIpc) is 3.11. The summed E-state index contributed by atoms with van der Waals surface area (Å²) < 4.78 is 5.62. The molecule has 0 aliphatic heterocycles. The standard InChI is InChI=1S/C19H10BrClOS2.C13H6Cl2OS.C6H5BrS/c20-11-5-7-12(8-6-11)23-16-10-9-14-18(22)13-3-1-2-4-15(13)24-19(14)17(16)21;14-9-6-5-8-12(16)7-3-1-2-4-10(7)17-13(8)11(9)15;7-5-1-3-6(8)4-2-5/h1-10H;1-6H;1-4,8H. The van der Waals surface area contributed by atoms with E-state index in [0.29, 0.717) is 25.8 Å². The fourth-order valence-electron chi connectivity index (χ4n) is 4.77. The molecule has 6 aromatic carbocycles. The molecule has 0 unspecified atom stereocenters. The predicted molar refractivity (Wildman–Crippen MR) is 226 cm³/mol. The predicted octanol–water partition coefficient (Wildman–Crippen LogP) is 14.4. The van der Waals surface area contributed by atoms with E-state index in [1.54, 1.807) is 35.2 Å². The van der Waals surface area contributed by atoms with Crippen LogP contribution in [-0.4, -0.2) is 0 Å². The molecule has 2 nitrogen and oxygen atoms in total. The summed E-state index contributed by atoms with van der Waals surface area (Å²) in [6.07, 6.45) is 0. The first-order chi connectivity index (χ1) is 23.6. The maximum absolute atomic E-state index is 12.7. The molecule has 11 heteroatoms. The van der Waals surface area contributed by atoms with Crippen LogP contribution in [-0.2, 0) is 0 Å². The molecule has 0 saturated heterocycles. The van der Waals surface area contributed by atoms with Crippen molar-refractivity contribution in [2.45, 2.75) is 14.7 Å². The molecular weight excluding hydrogens is 883 g/mol. The number of halogens is 5. The summed E-state index contributed by atoms with van der Waals surface area (Å²) >= 11 is 34.3. The molecule has 49 heavy (non-hydrogen) atoms. The zero-order chi connectivity index (χ0) is 34.7. The van der Waals surface area contributed by atoms with Crippen molar-refractivity contribution in [3.63, 3.8) is 0 Å². The molecule has 0 fully saturated rings. The lowest BCUT2D eigenvalue weighted by atomic mass is 10.2. The highest BCUT2D eigenvalue weighted by atomic mass is 79.9. The van der Waals surface area contributed by atoms with Crippen LogP contribution in [0.15, 0.2) is 155 Å². The Bertz CT molecular complexity index is 2570. The van der Waals surface area contributed by atoms with E-state index in [1.165, 1.54) is 11.3 Å². The van der Waals surface area contributed by atoms with Crippen LogP contribution in [0, 0.1) is 0 Å². The van der Waals surface area contributed by atoms with E-state index >= 15 is 0 Å². The highest BCUT2D eigenvalue weighted by molar-refractivity contribution is 9.10. The van der Waals surface area contributed by atoms with E-state index in [2.05, 4.69) is 44.5 Å². The summed E-state index contributed by atoms with van der Waals surface area (Å²) in [6.45, 7) is 0. The topological polar surface area (TPSA) is 34.1 Å². The molecule has 0 radical (unpaired) electrons. The van der Waals surface area contributed by atoms with E-state index in [-0.39, 0.29) is 10.9 Å². The molecule has 2 aromatic heterocycles. The minimum absolute atomic E-state index is 0.00733. The first-order valence-corrected chi connectivity index (χ1v) is 20.0. The highest BCUT2D eigenvalue weighted by Gasteiger charge is 2.13. The average molecular weight is 904 g/mol. The number of thiol groups is 1. The lowest BCUT2D eigenvalue weighted by Gasteiger charge is -2.08. The number of hydrogen-bond donors (Lipinski definition) is 1. The molecule has 0 spiro atoms. The molecule has 2 heterocycles. The number of rotatable bonds is 2. The Morgan fingerprint density at radius 2 is 1.00 bits per heavy atom. The lowest BCUT2D eigenvalue weighted by Crippen LogP contribution is -2.01. The molecule has 0 bridgehead atoms. The monoisotopic (exact) mass is 900 g/mol. The van der Waals surface area contributed by atoms with Gasteiger partial charge in [-0.1, -0.05) is 103 Å². The van der Waals surface area contributed by atoms with Crippen LogP contribution in [0.25, 0.3) is 40.3 Å². The lowest BCUT2D eigenvalue weighted by molar-refractivity contribution is 1.41. The fourth-order valence-corrected chi connectivity index (χ4v) is 9.47. The van der Waals surface area contributed by atoms with Gasteiger partial charge in [0.25, 0.3) is 0 Å². The van der Waals surface area contributed by atoms with E-state index in [4.69, 9.17) is 34.8 Å². The molecule has 0 aliphatic rings. The van der Waals surface area contributed by atoms with E-state index < -0.39 is 0 Å². The minimum atomic E-state index is 0.00733. The summed E-state index contributed by atoms with van der Waals surface area (Å²) in [6, 6.07) is 38.3. The Morgan fingerprint density at radius 1 is 0.531 bits per heavy atom. The van der Waals surface area contributed by atoms with Gasteiger partial charge >= 0.3 is 0 Å². The van der Waals surface area contributed by atoms with Crippen molar-refractivity contribution in [3.8, 4) is 0 Å². The van der Waals surface area contributed by atoms with Crippen LogP contribution in [0.2, 0.25) is 15.1 Å². The third-order valence-corrected chi connectivity index (χ3v) is 13.5. The van der Waals surface area contributed by atoms with Gasteiger partial charge in [0.05, 0.1) is 24.5 Å². The Labute approximate surface area is 331 Å². The smallest absolute Gasteiger partial charge is 0.195 e. The maximum Gasteiger partial charge on any atom is 0.195 e. The molecular formula is C38H21Br2Cl3O2S4. The zero-order valence-corrected chi connectivity index (χ0v) is 33.7. The van der Waals surface area contributed by atoms with Gasteiger partial charge in [0.15, 0.2) is 10.9 Å². The van der Waals surface area contributed by atoms with Crippen molar-refractivity contribution in [2.24, 2.45) is 0 Å². The quantitative estimate of drug-likeness (QED) is 0.139. The summed E-state index contributed by atoms with van der Waals surface area (Å²) in [5.41, 5.74) is 0.0503. The van der Waals surface area contributed by atoms with Gasteiger partial charge in [-0.3, -0.25) is 9.59 Å². The van der Waals surface area contributed by atoms with Crippen molar-refractivity contribution in [3.05, 3.63) is 166 Å². The van der Waals surface area contributed by atoms with Gasteiger partial charge in [-0.15, -0.1) is 35.3 Å². The summed E-state index contributed by atoms with van der Waals surface area (Å²) in [4.78, 5) is 28.0. The van der Waals surface area contributed by atoms with Crippen LogP contribution in [0.3, 0.4) is 0 Å². The van der Waals surface area contributed by atoms with Gasteiger partial charge in [0, 0.05) is 54.6 Å². The van der Waals surface area contributed by atoms with Gasteiger partial charge in [-0.25, -0.2) is 0 Å². The third-order valence-electron chi connectivity index (χ3n) is 7.16. The van der Waals surface area contributed by atoms with Gasteiger partial charge in [-0.2, -0.15) is 0 Å². The third kappa shape index (κ3) is 8.41. The molecule has 0 amide bonds. The first kappa shape index (κ1) is 36.4. The largest absolute Gasteiger partial charge is 0.289 e. The first-order valence-electron chi connectivity index (χ1n) is 14.4. The normalized spacial score (nSPS) is 10.9. The minimum Gasteiger partial charge on any atom is -0.289 e. The van der Waals surface area contributed by atoms with Gasteiger partial charge < -0.3 is 0 Å². The molecule has 0 saturated carbocycles. The van der Waals surface area contributed by atoms with Crippen molar-refractivity contribution in [1.29, 1.82) is 0 Å². The Morgan fingerprint density at radius 3 is 1.53 bits per heavy atom. The molecule has 8 rings (SSSR count). The molecule has 244 valence electrons. The molecule has 0 aliphatic carbocycles. The number of hydrogen-bond acceptors (Lipinski definition) is 6. The number of benzene rings is 6. The van der Waals surface area contributed by atoms with Crippen LogP contribution in [0.5, 0.6) is 0 Å². The van der Waals surface area contributed by atoms with Gasteiger partial charge in [0.1, 0.15) is 0 Å². The maximum atomic E-state index is 12.7. The van der Waals surface area contributed by atoms with Crippen LogP contribution in [0.4, 0.5) is 0 Å². The van der Waals surface area contributed by atoms with Crippen LogP contribution >= 0.6 is 114 Å². The second-order valence-electron chi connectivity index (χ2n) is 10.4. The second kappa shape index (κ2) is 16.3. The molecule has 8 aromatic rings. The van der Waals surface area contributed by atoms with E-state index in [1.807, 2.05) is 109 Å². The molecule has 0 N–H and O–H groups in total.